The Morgan fingerprint density at radius 2 is 2.39 bits per heavy atom. The van der Waals surface area contributed by atoms with E-state index in [2.05, 4.69) is 21.0 Å². The SMILES string of the molecule is Cn1nc(CCOC2CCCCO2)c(Br)c1CO. The van der Waals surface area contributed by atoms with E-state index in [1.54, 1.807) is 4.68 Å². The summed E-state index contributed by atoms with van der Waals surface area (Å²) in [5.74, 6) is 0. The van der Waals surface area contributed by atoms with E-state index in [1.165, 1.54) is 6.42 Å². The fraction of sp³-hybridized carbons (Fsp3) is 0.750. The van der Waals surface area contributed by atoms with Gasteiger partial charge in [0.25, 0.3) is 0 Å². The van der Waals surface area contributed by atoms with Crippen LogP contribution in [0.1, 0.15) is 30.7 Å². The number of halogens is 1. The first-order valence-electron chi connectivity index (χ1n) is 6.26. The van der Waals surface area contributed by atoms with Crippen LogP contribution >= 0.6 is 15.9 Å². The summed E-state index contributed by atoms with van der Waals surface area (Å²) in [5.41, 5.74) is 1.70. The largest absolute Gasteiger partial charge is 0.390 e. The zero-order chi connectivity index (χ0) is 13.0. The Morgan fingerprint density at radius 3 is 3.00 bits per heavy atom. The zero-order valence-corrected chi connectivity index (χ0v) is 12.1. The van der Waals surface area contributed by atoms with E-state index in [0.29, 0.717) is 13.0 Å². The number of rotatable bonds is 5. The maximum Gasteiger partial charge on any atom is 0.157 e. The summed E-state index contributed by atoms with van der Waals surface area (Å²) in [6.07, 6.45) is 3.94. The Kier molecular flexibility index (Phi) is 5.17. The number of aliphatic hydroxyl groups excluding tert-OH is 1. The van der Waals surface area contributed by atoms with Crippen LogP contribution in [0.15, 0.2) is 4.47 Å². The normalized spacial score (nSPS) is 20.3. The average molecular weight is 319 g/mol. The molecule has 6 heteroatoms. The monoisotopic (exact) mass is 318 g/mol. The van der Waals surface area contributed by atoms with Gasteiger partial charge in [-0.2, -0.15) is 5.10 Å². The number of hydrogen-bond acceptors (Lipinski definition) is 4. The molecule has 1 aromatic rings. The molecule has 102 valence electrons. The third-order valence-corrected chi connectivity index (χ3v) is 4.01. The molecule has 0 aliphatic carbocycles. The fourth-order valence-corrected chi connectivity index (χ4v) is 2.71. The molecule has 5 nitrogen and oxygen atoms in total. The van der Waals surface area contributed by atoms with Crippen LogP contribution < -0.4 is 0 Å². The van der Waals surface area contributed by atoms with E-state index in [0.717, 1.165) is 35.3 Å². The molecule has 0 radical (unpaired) electrons. The number of hydrogen-bond donors (Lipinski definition) is 1. The lowest BCUT2D eigenvalue weighted by molar-refractivity contribution is -0.161. The van der Waals surface area contributed by atoms with Crippen molar-refractivity contribution < 1.29 is 14.6 Å². The highest BCUT2D eigenvalue weighted by atomic mass is 79.9. The number of aromatic nitrogens is 2. The lowest BCUT2D eigenvalue weighted by atomic mass is 10.2. The first kappa shape index (κ1) is 14.0. The van der Waals surface area contributed by atoms with Crippen LogP contribution in [0.3, 0.4) is 0 Å². The lowest BCUT2D eigenvalue weighted by Crippen LogP contribution is -2.23. The van der Waals surface area contributed by atoms with Crippen molar-refractivity contribution in [1.29, 1.82) is 0 Å². The lowest BCUT2D eigenvalue weighted by Gasteiger charge is -2.22. The van der Waals surface area contributed by atoms with Crippen molar-refractivity contribution in [2.45, 2.75) is 38.6 Å². The summed E-state index contributed by atoms with van der Waals surface area (Å²) < 4.78 is 13.7. The van der Waals surface area contributed by atoms with Crippen molar-refractivity contribution in [2.24, 2.45) is 7.05 Å². The second kappa shape index (κ2) is 6.65. The van der Waals surface area contributed by atoms with Gasteiger partial charge in [0.2, 0.25) is 0 Å². The number of ether oxygens (including phenoxy) is 2. The van der Waals surface area contributed by atoms with Gasteiger partial charge in [0.1, 0.15) is 0 Å². The molecule has 1 aliphatic heterocycles. The minimum Gasteiger partial charge on any atom is -0.390 e. The number of aryl methyl sites for hydroxylation is 1. The highest BCUT2D eigenvalue weighted by Gasteiger charge is 2.16. The molecule has 1 fully saturated rings. The summed E-state index contributed by atoms with van der Waals surface area (Å²) in [5, 5.41) is 13.6. The van der Waals surface area contributed by atoms with Crippen LogP contribution in [0.4, 0.5) is 0 Å². The molecule has 1 unspecified atom stereocenters. The molecular formula is C12H19BrN2O3. The molecule has 0 aromatic carbocycles. The average Bonchev–Trinajstić information content (AvgIpc) is 2.65. The van der Waals surface area contributed by atoms with E-state index in [9.17, 15) is 5.11 Å². The molecule has 0 saturated carbocycles. The topological polar surface area (TPSA) is 56.5 Å². The second-order valence-electron chi connectivity index (χ2n) is 4.41. The van der Waals surface area contributed by atoms with Gasteiger partial charge >= 0.3 is 0 Å². The van der Waals surface area contributed by atoms with Crippen molar-refractivity contribution in [3.05, 3.63) is 15.9 Å². The van der Waals surface area contributed by atoms with Crippen LogP contribution in [0, 0.1) is 0 Å². The minimum absolute atomic E-state index is 0.0172. The Morgan fingerprint density at radius 1 is 1.56 bits per heavy atom. The van der Waals surface area contributed by atoms with Crippen LogP contribution in [-0.4, -0.2) is 34.4 Å². The Bertz CT molecular complexity index is 389. The quantitative estimate of drug-likeness (QED) is 0.898. The third kappa shape index (κ3) is 3.32. The summed E-state index contributed by atoms with van der Waals surface area (Å²) in [4.78, 5) is 0. The van der Waals surface area contributed by atoms with Crippen molar-refractivity contribution in [2.75, 3.05) is 13.2 Å². The zero-order valence-electron chi connectivity index (χ0n) is 10.6. The molecule has 2 rings (SSSR count). The molecule has 2 heterocycles. The maximum absolute atomic E-state index is 9.20. The van der Waals surface area contributed by atoms with E-state index >= 15 is 0 Å². The van der Waals surface area contributed by atoms with Crippen molar-refractivity contribution in [3.63, 3.8) is 0 Å². The van der Waals surface area contributed by atoms with E-state index in [-0.39, 0.29) is 12.9 Å². The van der Waals surface area contributed by atoms with Crippen LogP contribution in [0.25, 0.3) is 0 Å². The summed E-state index contributed by atoms with van der Waals surface area (Å²) in [6.45, 7) is 1.37. The predicted molar refractivity (Wildman–Crippen MR) is 70.1 cm³/mol. The van der Waals surface area contributed by atoms with Crippen molar-refractivity contribution in [3.8, 4) is 0 Å². The van der Waals surface area contributed by atoms with E-state index < -0.39 is 0 Å². The molecule has 0 amide bonds. The molecular weight excluding hydrogens is 300 g/mol. The van der Waals surface area contributed by atoms with Gasteiger partial charge < -0.3 is 14.6 Å². The van der Waals surface area contributed by atoms with Gasteiger partial charge in [-0.15, -0.1) is 0 Å². The van der Waals surface area contributed by atoms with Crippen molar-refractivity contribution in [1.82, 2.24) is 9.78 Å². The number of nitrogens with zero attached hydrogens (tertiary/aromatic N) is 2. The van der Waals surface area contributed by atoms with Crippen LogP contribution in [-0.2, 0) is 29.5 Å². The second-order valence-corrected chi connectivity index (χ2v) is 5.20. The van der Waals surface area contributed by atoms with Gasteiger partial charge in [-0.1, -0.05) is 0 Å². The highest BCUT2D eigenvalue weighted by molar-refractivity contribution is 9.10. The summed E-state index contributed by atoms with van der Waals surface area (Å²) in [6, 6.07) is 0. The Labute approximate surface area is 115 Å². The van der Waals surface area contributed by atoms with E-state index in [4.69, 9.17) is 9.47 Å². The molecule has 1 aromatic heterocycles. The first-order valence-corrected chi connectivity index (χ1v) is 7.06. The Hall–Kier alpha value is -0.430. The molecule has 1 saturated heterocycles. The van der Waals surface area contributed by atoms with Gasteiger partial charge in [0.05, 0.1) is 29.1 Å². The fourth-order valence-electron chi connectivity index (χ4n) is 2.06. The molecule has 18 heavy (non-hydrogen) atoms. The molecule has 0 spiro atoms. The van der Waals surface area contributed by atoms with Gasteiger partial charge in [-0.3, -0.25) is 4.68 Å². The van der Waals surface area contributed by atoms with Crippen LogP contribution in [0.2, 0.25) is 0 Å². The van der Waals surface area contributed by atoms with Crippen molar-refractivity contribution >= 4 is 15.9 Å². The van der Waals surface area contributed by atoms with E-state index in [1.807, 2.05) is 7.05 Å². The highest BCUT2D eigenvalue weighted by Crippen LogP contribution is 2.22. The van der Waals surface area contributed by atoms with Crippen LogP contribution in [0.5, 0.6) is 0 Å². The summed E-state index contributed by atoms with van der Waals surface area (Å²) >= 11 is 3.46. The van der Waals surface area contributed by atoms with Gasteiger partial charge in [-0.05, 0) is 35.2 Å². The molecule has 1 N–H and O–H groups in total. The first-order chi connectivity index (χ1) is 8.72. The van der Waals surface area contributed by atoms with Gasteiger partial charge in [0, 0.05) is 20.1 Å². The molecule has 0 bridgehead atoms. The Balaban J connectivity index is 1.82. The molecule has 1 aliphatic rings. The standard InChI is InChI=1S/C12H19BrN2O3/c1-15-10(8-16)12(13)9(14-15)5-7-18-11-4-2-3-6-17-11/h11,16H,2-8H2,1H3. The van der Waals surface area contributed by atoms with Gasteiger partial charge in [0.15, 0.2) is 6.29 Å². The van der Waals surface area contributed by atoms with Gasteiger partial charge in [-0.25, -0.2) is 0 Å². The maximum atomic E-state index is 9.20. The predicted octanol–water partition coefficient (Wildman–Crippen LogP) is 1.76. The molecule has 1 atom stereocenters. The summed E-state index contributed by atoms with van der Waals surface area (Å²) in [7, 11) is 1.82. The number of aliphatic hydroxyl groups is 1. The third-order valence-electron chi connectivity index (χ3n) is 3.10. The smallest absolute Gasteiger partial charge is 0.157 e. The minimum atomic E-state index is -0.0569.